The van der Waals surface area contributed by atoms with Gasteiger partial charge >= 0.3 is 13.1 Å². The number of carboxylic acids is 1. The van der Waals surface area contributed by atoms with Gasteiger partial charge in [-0.1, -0.05) is 33.6 Å². The summed E-state index contributed by atoms with van der Waals surface area (Å²) >= 11 is 0. The minimum Gasteiger partial charge on any atom is -0.481 e. The SMILES string of the molecule is CC.CCCC(N)C(=O)N1C[C@H](CCCB(O)O)[C@H](C(=O)O)C1. The average molecular weight is 330 g/mol. The molecule has 0 saturated carbocycles. The van der Waals surface area contributed by atoms with E-state index >= 15 is 0 Å². The van der Waals surface area contributed by atoms with Crippen LogP contribution in [0.4, 0.5) is 0 Å². The second-order valence-corrected chi connectivity index (χ2v) is 5.75. The van der Waals surface area contributed by atoms with E-state index < -0.39 is 25.0 Å². The third-order valence-electron chi connectivity index (χ3n) is 4.02. The molecule has 1 fully saturated rings. The molecule has 8 heteroatoms. The highest BCUT2D eigenvalue weighted by molar-refractivity contribution is 6.40. The van der Waals surface area contributed by atoms with Crippen LogP contribution in [0.2, 0.25) is 6.32 Å². The summed E-state index contributed by atoms with van der Waals surface area (Å²) in [5.41, 5.74) is 5.81. The predicted octanol–water partition coefficient (Wildman–Crippen LogP) is 0.552. The van der Waals surface area contributed by atoms with Crippen molar-refractivity contribution in [2.75, 3.05) is 13.1 Å². The van der Waals surface area contributed by atoms with E-state index in [0.717, 1.165) is 6.42 Å². The van der Waals surface area contributed by atoms with Crippen molar-refractivity contribution in [3.63, 3.8) is 0 Å². The molecule has 1 amide bonds. The normalized spacial score (nSPS) is 21.4. The van der Waals surface area contributed by atoms with E-state index in [1.807, 2.05) is 20.8 Å². The summed E-state index contributed by atoms with van der Waals surface area (Å²) in [6, 6.07) is -0.567. The molecule has 1 heterocycles. The highest BCUT2D eigenvalue weighted by atomic mass is 16.4. The Balaban J connectivity index is 0.00000232. The maximum atomic E-state index is 12.2. The van der Waals surface area contributed by atoms with E-state index in [1.54, 1.807) is 4.90 Å². The Kier molecular flexibility index (Phi) is 10.9. The number of hydrogen-bond acceptors (Lipinski definition) is 5. The first-order chi connectivity index (χ1) is 10.9. The van der Waals surface area contributed by atoms with Crippen LogP contribution in [0.5, 0.6) is 0 Å². The van der Waals surface area contributed by atoms with Crippen molar-refractivity contribution in [3.05, 3.63) is 0 Å². The number of hydrogen-bond donors (Lipinski definition) is 4. The first-order valence-electron chi connectivity index (χ1n) is 8.50. The first kappa shape index (κ1) is 21.9. The van der Waals surface area contributed by atoms with Gasteiger partial charge in [0.1, 0.15) is 0 Å². The Morgan fingerprint density at radius 1 is 1.30 bits per heavy atom. The smallest absolute Gasteiger partial charge is 0.451 e. The molecule has 0 aromatic heterocycles. The van der Waals surface area contributed by atoms with Crippen molar-refractivity contribution in [3.8, 4) is 0 Å². The van der Waals surface area contributed by atoms with E-state index in [0.29, 0.717) is 25.8 Å². The second-order valence-electron chi connectivity index (χ2n) is 5.75. The fraction of sp³-hybridized carbons (Fsp3) is 0.867. The minimum absolute atomic E-state index is 0.154. The quantitative estimate of drug-likeness (QED) is 0.482. The van der Waals surface area contributed by atoms with Crippen LogP contribution >= 0.6 is 0 Å². The van der Waals surface area contributed by atoms with E-state index in [1.165, 1.54) is 0 Å². The first-order valence-corrected chi connectivity index (χ1v) is 8.50. The maximum absolute atomic E-state index is 12.2. The van der Waals surface area contributed by atoms with Crippen molar-refractivity contribution in [2.24, 2.45) is 17.6 Å². The van der Waals surface area contributed by atoms with Gasteiger partial charge in [0.15, 0.2) is 0 Å². The highest BCUT2D eigenvalue weighted by Crippen LogP contribution is 2.29. The fourth-order valence-corrected chi connectivity index (χ4v) is 2.86. The van der Waals surface area contributed by atoms with Crippen molar-refractivity contribution in [2.45, 2.75) is 58.8 Å². The van der Waals surface area contributed by atoms with Gasteiger partial charge in [0.2, 0.25) is 5.91 Å². The maximum Gasteiger partial charge on any atom is 0.451 e. The molecular weight excluding hydrogens is 299 g/mol. The van der Waals surface area contributed by atoms with Crippen LogP contribution in [-0.2, 0) is 9.59 Å². The van der Waals surface area contributed by atoms with Crippen LogP contribution in [0, 0.1) is 11.8 Å². The summed E-state index contributed by atoms with van der Waals surface area (Å²) < 4.78 is 0. The fourth-order valence-electron chi connectivity index (χ4n) is 2.86. The molecule has 5 N–H and O–H groups in total. The van der Waals surface area contributed by atoms with Gasteiger partial charge < -0.3 is 25.8 Å². The summed E-state index contributed by atoms with van der Waals surface area (Å²) in [7, 11) is -1.37. The molecular formula is C15H31BN2O5. The zero-order valence-electron chi connectivity index (χ0n) is 14.4. The van der Waals surface area contributed by atoms with E-state index in [9.17, 15) is 14.7 Å². The molecule has 7 nitrogen and oxygen atoms in total. The van der Waals surface area contributed by atoms with Gasteiger partial charge in [0.05, 0.1) is 12.0 Å². The predicted molar refractivity (Wildman–Crippen MR) is 89.7 cm³/mol. The Bertz CT molecular complexity index is 368. The Morgan fingerprint density at radius 2 is 1.91 bits per heavy atom. The molecule has 0 radical (unpaired) electrons. The lowest BCUT2D eigenvalue weighted by molar-refractivity contribution is -0.142. The largest absolute Gasteiger partial charge is 0.481 e. The van der Waals surface area contributed by atoms with Gasteiger partial charge in [-0.15, -0.1) is 0 Å². The molecule has 0 aliphatic carbocycles. The molecule has 1 saturated heterocycles. The number of nitrogens with zero attached hydrogens (tertiary/aromatic N) is 1. The zero-order chi connectivity index (χ0) is 18.0. The highest BCUT2D eigenvalue weighted by Gasteiger charge is 2.40. The molecule has 0 aromatic rings. The number of carboxylic acid groups (broad SMARTS) is 1. The van der Waals surface area contributed by atoms with Crippen molar-refractivity contribution in [1.29, 1.82) is 0 Å². The van der Waals surface area contributed by atoms with E-state index in [-0.39, 0.29) is 24.7 Å². The molecule has 134 valence electrons. The van der Waals surface area contributed by atoms with Crippen LogP contribution in [0.3, 0.4) is 0 Å². The van der Waals surface area contributed by atoms with E-state index in [4.69, 9.17) is 15.8 Å². The standard InChI is InChI=1S/C13H25BN2O5.C2H6/c1-2-4-11(15)12(17)16-7-9(5-3-6-14(20)21)10(8-16)13(18)19;1-2/h9-11,20-21H,2-8,15H2,1H3,(H,18,19);1-2H3/t9-,10+,11?;/m0./s1. The number of aliphatic carboxylic acids is 1. The Morgan fingerprint density at radius 3 is 2.39 bits per heavy atom. The Labute approximate surface area is 139 Å². The lowest BCUT2D eigenvalue weighted by Gasteiger charge is -2.20. The average Bonchev–Trinajstić information content (AvgIpc) is 2.92. The number of carbonyl (C=O) groups excluding carboxylic acids is 1. The van der Waals surface area contributed by atoms with Crippen molar-refractivity contribution < 1.29 is 24.7 Å². The lowest BCUT2D eigenvalue weighted by Crippen LogP contribution is -2.43. The molecule has 3 atom stereocenters. The van der Waals surface area contributed by atoms with Gasteiger partial charge in [0, 0.05) is 13.1 Å². The third-order valence-corrected chi connectivity index (χ3v) is 4.02. The number of carbonyl (C=O) groups is 2. The summed E-state index contributed by atoms with van der Waals surface area (Å²) in [5, 5.41) is 26.9. The number of nitrogens with two attached hydrogens (primary N) is 1. The summed E-state index contributed by atoms with van der Waals surface area (Å²) in [6.45, 7) is 6.52. The lowest BCUT2D eigenvalue weighted by atomic mass is 9.80. The molecule has 1 unspecified atom stereocenters. The summed E-state index contributed by atoms with van der Waals surface area (Å²) in [4.78, 5) is 25.0. The molecule has 0 bridgehead atoms. The van der Waals surface area contributed by atoms with E-state index in [2.05, 4.69) is 0 Å². The number of likely N-dealkylation sites (tertiary alicyclic amines) is 1. The van der Waals surface area contributed by atoms with Gasteiger partial charge in [-0.25, -0.2) is 0 Å². The minimum atomic E-state index is -1.37. The van der Waals surface area contributed by atoms with Gasteiger partial charge in [-0.3, -0.25) is 9.59 Å². The van der Waals surface area contributed by atoms with Crippen LogP contribution in [0.15, 0.2) is 0 Å². The molecule has 0 spiro atoms. The summed E-state index contributed by atoms with van der Waals surface area (Å²) in [6.07, 6.45) is 2.69. The molecule has 0 aromatic carbocycles. The Hall–Kier alpha value is -1.12. The van der Waals surface area contributed by atoms with Gasteiger partial charge in [-0.2, -0.15) is 0 Å². The van der Waals surface area contributed by atoms with Crippen molar-refractivity contribution >= 4 is 19.0 Å². The summed E-state index contributed by atoms with van der Waals surface area (Å²) in [5.74, 6) is -1.85. The van der Waals surface area contributed by atoms with Crippen LogP contribution in [0.1, 0.15) is 46.5 Å². The molecule has 23 heavy (non-hydrogen) atoms. The van der Waals surface area contributed by atoms with Crippen LogP contribution in [0.25, 0.3) is 0 Å². The second kappa shape index (κ2) is 11.4. The third kappa shape index (κ3) is 7.33. The number of rotatable bonds is 8. The van der Waals surface area contributed by atoms with Crippen LogP contribution < -0.4 is 5.73 Å². The monoisotopic (exact) mass is 330 g/mol. The van der Waals surface area contributed by atoms with Crippen molar-refractivity contribution in [1.82, 2.24) is 4.90 Å². The molecule has 1 aliphatic rings. The number of amides is 1. The zero-order valence-corrected chi connectivity index (χ0v) is 14.4. The molecule has 1 rings (SSSR count). The topological polar surface area (TPSA) is 124 Å². The molecule has 1 aliphatic heterocycles. The van der Waals surface area contributed by atoms with Crippen LogP contribution in [-0.4, -0.2) is 58.2 Å². The van der Waals surface area contributed by atoms with Gasteiger partial charge in [0.25, 0.3) is 0 Å². The van der Waals surface area contributed by atoms with Gasteiger partial charge in [-0.05, 0) is 25.1 Å².